The van der Waals surface area contributed by atoms with Crippen molar-refractivity contribution < 1.29 is 0 Å². The normalized spacial score (nSPS) is 17.7. The molecule has 4 bridgehead atoms. The number of aryl methyl sites for hydroxylation is 2. The molecule has 0 radical (unpaired) electrons. The van der Waals surface area contributed by atoms with Crippen LogP contribution in [0.2, 0.25) is 0 Å². The first kappa shape index (κ1) is 24.3. The Bertz CT molecular complexity index is 1130. The summed E-state index contributed by atoms with van der Waals surface area (Å²) < 4.78 is 0. The van der Waals surface area contributed by atoms with Crippen molar-refractivity contribution in [2.45, 2.75) is 64.2 Å². The highest BCUT2D eigenvalue weighted by atomic mass is 14.2. The minimum absolute atomic E-state index is 1.18. The molecule has 0 nitrogen and oxygen atoms in total. The van der Waals surface area contributed by atoms with Crippen molar-refractivity contribution >= 4 is 11.1 Å². The Labute approximate surface area is 217 Å². The van der Waals surface area contributed by atoms with E-state index in [9.17, 15) is 0 Å². The van der Waals surface area contributed by atoms with E-state index >= 15 is 0 Å². The zero-order chi connectivity index (χ0) is 24.4. The molecule has 36 heavy (non-hydrogen) atoms. The Hall–Kier alpha value is -3.38. The van der Waals surface area contributed by atoms with Gasteiger partial charge in [0.25, 0.3) is 0 Å². The fraction of sp³-hybridized carbons (Fsp3) is 0.278. The number of rotatable bonds is 2. The summed E-state index contributed by atoms with van der Waals surface area (Å²) in [5.41, 5.74) is 10.6. The molecule has 0 aliphatic heterocycles. The number of hydrogen-bond donors (Lipinski definition) is 0. The molecule has 4 aromatic carbocycles. The van der Waals surface area contributed by atoms with Gasteiger partial charge in [0.2, 0.25) is 0 Å². The molecule has 0 saturated carbocycles. The van der Waals surface area contributed by atoms with Crippen LogP contribution in [0.3, 0.4) is 0 Å². The fourth-order valence-corrected chi connectivity index (χ4v) is 5.52. The van der Waals surface area contributed by atoms with Crippen LogP contribution in [0, 0.1) is 0 Å². The van der Waals surface area contributed by atoms with Crippen LogP contribution in [-0.2, 0) is 12.8 Å². The average molecular weight is 471 g/mol. The Kier molecular flexibility index (Phi) is 8.47. The maximum Gasteiger partial charge on any atom is -0.00268 e. The largest absolute Gasteiger partial charge is 0.0622 e. The Morgan fingerprint density at radius 2 is 0.583 bits per heavy atom. The lowest BCUT2D eigenvalue weighted by molar-refractivity contribution is 0.567. The Morgan fingerprint density at radius 1 is 0.278 bits per heavy atom. The lowest BCUT2D eigenvalue weighted by Gasteiger charge is -2.19. The van der Waals surface area contributed by atoms with Crippen molar-refractivity contribution in [3.63, 3.8) is 0 Å². The summed E-state index contributed by atoms with van der Waals surface area (Å²) >= 11 is 0. The summed E-state index contributed by atoms with van der Waals surface area (Å²) in [6, 6.07) is 40.6. The van der Waals surface area contributed by atoms with E-state index in [0.717, 1.165) is 0 Å². The van der Waals surface area contributed by atoms with Crippen molar-refractivity contribution in [1.82, 2.24) is 0 Å². The predicted octanol–water partition coefficient (Wildman–Crippen LogP) is 9.91. The maximum absolute atomic E-state index is 2.35. The molecule has 4 aromatic rings. The Morgan fingerprint density at radius 3 is 0.944 bits per heavy atom. The lowest BCUT2D eigenvalue weighted by atomic mass is 9.85. The van der Waals surface area contributed by atoms with Gasteiger partial charge in [-0.2, -0.15) is 0 Å². The first-order valence-corrected chi connectivity index (χ1v) is 13.9. The molecule has 3 aliphatic rings. The van der Waals surface area contributed by atoms with E-state index < -0.39 is 0 Å². The van der Waals surface area contributed by atoms with E-state index in [-0.39, 0.29) is 0 Å². The topological polar surface area (TPSA) is 0 Å². The molecule has 0 aromatic heterocycles. The van der Waals surface area contributed by atoms with Crippen LogP contribution < -0.4 is 0 Å². The summed E-state index contributed by atoms with van der Waals surface area (Å²) in [6.45, 7) is 0. The highest BCUT2D eigenvalue weighted by Gasteiger charge is 2.16. The minimum Gasteiger partial charge on any atom is -0.0622 e. The first-order chi connectivity index (χ1) is 17.9. The predicted molar refractivity (Wildman–Crippen MR) is 155 cm³/mol. The minimum atomic E-state index is 1.18. The summed E-state index contributed by atoms with van der Waals surface area (Å²) in [5, 5.41) is 0. The van der Waals surface area contributed by atoms with Crippen LogP contribution in [0.4, 0.5) is 0 Å². The molecule has 0 heteroatoms. The molecule has 0 heterocycles. The smallest absolute Gasteiger partial charge is 0.00268 e. The molecular formula is C36H38. The van der Waals surface area contributed by atoms with Crippen molar-refractivity contribution in [2.24, 2.45) is 0 Å². The van der Waals surface area contributed by atoms with E-state index in [4.69, 9.17) is 0 Å². The van der Waals surface area contributed by atoms with Gasteiger partial charge in [-0.3, -0.25) is 0 Å². The third-order valence-corrected chi connectivity index (χ3v) is 7.54. The summed E-state index contributed by atoms with van der Waals surface area (Å²) in [7, 11) is 0. The molecular weight excluding hydrogens is 432 g/mol. The second-order valence-corrected chi connectivity index (χ2v) is 10.2. The zero-order valence-corrected chi connectivity index (χ0v) is 21.5. The van der Waals surface area contributed by atoms with Gasteiger partial charge in [0.15, 0.2) is 0 Å². The van der Waals surface area contributed by atoms with Crippen LogP contribution in [0.15, 0.2) is 109 Å². The average Bonchev–Trinajstić information content (AvgIpc) is 2.94. The molecule has 0 saturated heterocycles. The van der Waals surface area contributed by atoms with Gasteiger partial charge in [0.05, 0.1) is 0 Å². The van der Waals surface area contributed by atoms with Gasteiger partial charge < -0.3 is 0 Å². The van der Waals surface area contributed by atoms with Gasteiger partial charge in [-0.05, 0) is 70.2 Å². The molecule has 0 atom stereocenters. The highest BCUT2D eigenvalue weighted by Crippen LogP contribution is 2.37. The van der Waals surface area contributed by atoms with Gasteiger partial charge in [-0.15, -0.1) is 0 Å². The summed E-state index contributed by atoms with van der Waals surface area (Å²) in [6.07, 6.45) is 13.2. The van der Waals surface area contributed by atoms with Gasteiger partial charge in [-0.25, -0.2) is 0 Å². The van der Waals surface area contributed by atoms with E-state index in [1.54, 1.807) is 0 Å². The van der Waals surface area contributed by atoms with Crippen LogP contribution in [0.5, 0.6) is 0 Å². The van der Waals surface area contributed by atoms with Crippen LogP contribution in [0.1, 0.15) is 84.7 Å². The molecule has 7 rings (SSSR count). The van der Waals surface area contributed by atoms with Crippen LogP contribution in [0.25, 0.3) is 11.1 Å². The summed E-state index contributed by atoms with van der Waals surface area (Å²) in [4.78, 5) is 0. The third kappa shape index (κ3) is 6.24. The third-order valence-electron chi connectivity index (χ3n) is 7.54. The highest BCUT2D eigenvalue weighted by molar-refractivity contribution is 6.04. The van der Waals surface area contributed by atoms with Crippen molar-refractivity contribution in [1.29, 1.82) is 0 Å². The quantitative estimate of drug-likeness (QED) is 0.273. The lowest BCUT2D eigenvalue weighted by Crippen LogP contribution is -1.98. The molecule has 3 aliphatic carbocycles. The SMILES string of the molecule is c1ccc(/C2=C(\c3ccccc3)c3ccc(cc3)CCCCCCCCCCc3ccc2cc3)cc1. The molecule has 0 fully saturated rings. The fourth-order valence-electron chi connectivity index (χ4n) is 5.52. The Balaban J connectivity index is 1.65. The number of fused-ring (bicyclic) bond motifs is 2. The van der Waals surface area contributed by atoms with E-state index in [1.807, 2.05) is 0 Å². The van der Waals surface area contributed by atoms with E-state index in [2.05, 4.69) is 109 Å². The van der Waals surface area contributed by atoms with E-state index in [0.29, 0.717) is 0 Å². The van der Waals surface area contributed by atoms with Gasteiger partial charge in [0.1, 0.15) is 0 Å². The summed E-state index contributed by atoms with van der Waals surface area (Å²) in [5.74, 6) is 0. The van der Waals surface area contributed by atoms with Crippen LogP contribution in [-0.4, -0.2) is 0 Å². The van der Waals surface area contributed by atoms with Gasteiger partial charge >= 0.3 is 0 Å². The molecule has 0 unspecified atom stereocenters. The molecule has 0 N–H and O–H groups in total. The number of benzene rings is 4. The molecule has 0 spiro atoms. The van der Waals surface area contributed by atoms with Crippen molar-refractivity contribution in [2.75, 3.05) is 0 Å². The van der Waals surface area contributed by atoms with Gasteiger partial charge in [0, 0.05) is 0 Å². The van der Waals surface area contributed by atoms with E-state index in [1.165, 1.54) is 109 Å². The standard InChI is InChI=1S/C36H38/c1-2-4-6-10-16-30-23-27-34(28-24-30)36(32-19-13-8-14-20-32)35(31-17-11-7-12-18-31)33-25-21-29(22-26-33)15-9-5-3-1/h7-8,11-14,17-28H,1-6,9-10,15-16H2/b36-35-. The molecule has 182 valence electrons. The van der Waals surface area contributed by atoms with Crippen molar-refractivity contribution in [3.05, 3.63) is 143 Å². The first-order valence-electron chi connectivity index (χ1n) is 13.9. The zero-order valence-electron chi connectivity index (χ0n) is 21.5. The van der Waals surface area contributed by atoms with Crippen LogP contribution >= 0.6 is 0 Å². The maximum atomic E-state index is 2.35. The monoisotopic (exact) mass is 470 g/mol. The number of hydrogen-bond acceptors (Lipinski definition) is 0. The van der Waals surface area contributed by atoms with Crippen molar-refractivity contribution in [3.8, 4) is 0 Å². The second kappa shape index (κ2) is 12.5. The molecule has 0 amide bonds. The second-order valence-electron chi connectivity index (χ2n) is 10.2. The van der Waals surface area contributed by atoms with Gasteiger partial charge in [-0.1, -0.05) is 148 Å².